The molecule has 0 bridgehead atoms. The van der Waals surface area contributed by atoms with Crippen molar-refractivity contribution < 1.29 is 28.6 Å². The standard InChI is InChI=1S/C23H26N2O6/c1-16(26)31-19-6-4-5-18(15-19)23(28)25-11-9-24(10-12-25)22(27)14-17-7-8-20(29-2)21(13-17)30-3/h4-8,13,15H,9-12,14H2,1-3H3. The Hall–Kier alpha value is -3.55. The predicted octanol–water partition coefficient (Wildman–Crippen LogP) is 2.16. The molecule has 1 fully saturated rings. The highest BCUT2D eigenvalue weighted by Gasteiger charge is 2.25. The second-order valence-corrected chi connectivity index (χ2v) is 7.16. The van der Waals surface area contributed by atoms with Crippen molar-refractivity contribution in [2.75, 3.05) is 40.4 Å². The number of amides is 2. The molecule has 0 saturated carbocycles. The number of rotatable bonds is 6. The van der Waals surface area contributed by atoms with E-state index in [0.717, 1.165) is 5.56 Å². The van der Waals surface area contributed by atoms with E-state index in [1.165, 1.54) is 6.92 Å². The van der Waals surface area contributed by atoms with Gasteiger partial charge in [-0.15, -0.1) is 0 Å². The van der Waals surface area contributed by atoms with Gasteiger partial charge in [0.15, 0.2) is 11.5 Å². The summed E-state index contributed by atoms with van der Waals surface area (Å²) in [5, 5.41) is 0. The number of esters is 1. The Morgan fingerprint density at radius 1 is 0.871 bits per heavy atom. The molecule has 1 saturated heterocycles. The van der Waals surface area contributed by atoms with Crippen LogP contribution in [0.3, 0.4) is 0 Å². The quantitative estimate of drug-likeness (QED) is 0.520. The Labute approximate surface area is 181 Å². The molecule has 0 atom stereocenters. The normalized spacial score (nSPS) is 13.5. The van der Waals surface area contributed by atoms with Gasteiger partial charge in [-0.05, 0) is 35.9 Å². The molecule has 1 heterocycles. The molecule has 0 N–H and O–H groups in total. The van der Waals surface area contributed by atoms with Crippen molar-refractivity contribution in [1.82, 2.24) is 9.80 Å². The molecule has 8 nitrogen and oxygen atoms in total. The van der Waals surface area contributed by atoms with E-state index in [4.69, 9.17) is 14.2 Å². The molecule has 0 unspecified atom stereocenters. The number of hydrogen-bond acceptors (Lipinski definition) is 6. The minimum atomic E-state index is -0.439. The van der Waals surface area contributed by atoms with Crippen LogP contribution in [-0.2, 0) is 16.0 Å². The molecule has 31 heavy (non-hydrogen) atoms. The molecule has 0 radical (unpaired) electrons. The largest absolute Gasteiger partial charge is 0.493 e. The number of piperazine rings is 1. The van der Waals surface area contributed by atoms with Crippen LogP contribution in [0.5, 0.6) is 17.2 Å². The highest BCUT2D eigenvalue weighted by molar-refractivity contribution is 5.95. The molecule has 1 aliphatic heterocycles. The summed E-state index contributed by atoms with van der Waals surface area (Å²) in [6, 6.07) is 12.0. The summed E-state index contributed by atoms with van der Waals surface area (Å²) >= 11 is 0. The van der Waals surface area contributed by atoms with Gasteiger partial charge in [0, 0.05) is 38.7 Å². The van der Waals surface area contributed by atoms with Crippen LogP contribution in [0.4, 0.5) is 0 Å². The minimum absolute atomic E-state index is 0.00354. The molecule has 2 aromatic carbocycles. The fraction of sp³-hybridized carbons (Fsp3) is 0.348. The van der Waals surface area contributed by atoms with Gasteiger partial charge < -0.3 is 24.0 Å². The Morgan fingerprint density at radius 3 is 2.19 bits per heavy atom. The summed E-state index contributed by atoms with van der Waals surface area (Å²) in [5.74, 6) is 0.938. The second-order valence-electron chi connectivity index (χ2n) is 7.16. The number of nitrogens with zero attached hydrogens (tertiary/aromatic N) is 2. The van der Waals surface area contributed by atoms with Crippen molar-refractivity contribution in [2.24, 2.45) is 0 Å². The van der Waals surface area contributed by atoms with Crippen LogP contribution < -0.4 is 14.2 Å². The van der Waals surface area contributed by atoms with Crippen molar-refractivity contribution in [3.05, 3.63) is 53.6 Å². The number of ether oxygens (including phenoxy) is 3. The van der Waals surface area contributed by atoms with Crippen molar-refractivity contribution in [2.45, 2.75) is 13.3 Å². The lowest BCUT2D eigenvalue weighted by Gasteiger charge is -2.35. The lowest BCUT2D eigenvalue weighted by atomic mass is 10.1. The van der Waals surface area contributed by atoms with E-state index in [1.54, 1.807) is 60.4 Å². The lowest BCUT2D eigenvalue weighted by Crippen LogP contribution is -2.51. The fourth-order valence-corrected chi connectivity index (χ4v) is 3.48. The summed E-state index contributed by atoms with van der Waals surface area (Å²) in [7, 11) is 3.12. The number of benzene rings is 2. The molecule has 0 spiro atoms. The summed E-state index contributed by atoms with van der Waals surface area (Å²) in [6.07, 6.45) is 0.249. The van der Waals surface area contributed by atoms with Gasteiger partial charge in [0.25, 0.3) is 5.91 Å². The van der Waals surface area contributed by atoms with Crippen LogP contribution in [0.2, 0.25) is 0 Å². The van der Waals surface area contributed by atoms with Gasteiger partial charge in [-0.25, -0.2) is 0 Å². The van der Waals surface area contributed by atoms with Gasteiger partial charge >= 0.3 is 5.97 Å². The molecule has 1 aliphatic rings. The molecule has 164 valence electrons. The van der Waals surface area contributed by atoms with Gasteiger partial charge in [0.05, 0.1) is 20.6 Å². The van der Waals surface area contributed by atoms with Crippen LogP contribution in [0.25, 0.3) is 0 Å². The summed E-state index contributed by atoms with van der Waals surface area (Å²) in [6.45, 7) is 3.11. The highest BCUT2D eigenvalue weighted by atomic mass is 16.5. The molecular formula is C23H26N2O6. The van der Waals surface area contributed by atoms with E-state index < -0.39 is 5.97 Å². The first-order valence-corrected chi connectivity index (χ1v) is 9.97. The van der Waals surface area contributed by atoms with Crippen LogP contribution in [0.1, 0.15) is 22.8 Å². The van der Waals surface area contributed by atoms with E-state index in [1.807, 2.05) is 6.07 Å². The average molecular weight is 426 g/mol. The topological polar surface area (TPSA) is 85.4 Å². The van der Waals surface area contributed by atoms with E-state index in [9.17, 15) is 14.4 Å². The first kappa shape index (κ1) is 22.1. The monoisotopic (exact) mass is 426 g/mol. The first-order chi connectivity index (χ1) is 14.9. The SMILES string of the molecule is COc1ccc(CC(=O)N2CCN(C(=O)c3cccc(OC(C)=O)c3)CC2)cc1OC. The maximum atomic E-state index is 12.8. The first-order valence-electron chi connectivity index (χ1n) is 9.97. The van der Waals surface area contributed by atoms with Crippen molar-refractivity contribution in [3.63, 3.8) is 0 Å². The third-order valence-corrected chi connectivity index (χ3v) is 5.07. The average Bonchev–Trinajstić information content (AvgIpc) is 2.78. The molecule has 0 aliphatic carbocycles. The van der Waals surface area contributed by atoms with E-state index in [0.29, 0.717) is 49.0 Å². The Morgan fingerprint density at radius 2 is 1.55 bits per heavy atom. The van der Waals surface area contributed by atoms with Gasteiger partial charge in [-0.3, -0.25) is 14.4 Å². The van der Waals surface area contributed by atoms with Crippen LogP contribution >= 0.6 is 0 Å². The molecule has 2 amide bonds. The summed E-state index contributed by atoms with van der Waals surface area (Å²) < 4.78 is 15.6. The third-order valence-electron chi connectivity index (χ3n) is 5.07. The van der Waals surface area contributed by atoms with Gasteiger partial charge in [0.1, 0.15) is 5.75 Å². The Balaban J connectivity index is 1.57. The lowest BCUT2D eigenvalue weighted by molar-refractivity contribution is -0.132. The third kappa shape index (κ3) is 5.53. The van der Waals surface area contributed by atoms with Crippen LogP contribution in [-0.4, -0.2) is 68.0 Å². The molecule has 2 aromatic rings. The number of carbonyl (C=O) groups excluding carboxylic acids is 3. The Kier molecular flexibility index (Phi) is 7.12. The zero-order valence-electron chi connectivity index (χ0n) is 17.9. The predicted molar refractivity (Wildman–Crippen MR) is 113 cm³/mol. The number of methoxy groups -OCH3 is 2. The van der Waals surface area contributed by atoms with Crippen molar-refractivity contribution >= 4 is 17.8 Å². The van der Waals surface area contributed by atoms with E-state index in [2.05, 4.69) is 0 Å². The van der Waals surface area contributed by atoms with Crippen molar-refractivity contribution in [1.29, 1.82) is 0 Å². The van der Waals surface area contributed by atoms with E-state index in [-0.39, 0.29) is 18.2 Å². The van der Waals surface area contributed by atoms with Gasteiger partial charge in [-0.2, -0.15) is 0 Å². The van der Waals surface area contributed by atoms with Crippen LogP contribution in [0.15, 0.2) is 42.5 Å². The summed E-state index contributed by atoms with van der Waals surface area (Å²) in [4.78, 5) is 40.1. The zero-order valence-corrected chi connectivity index (χ0v) is 17.9. The fourth-order valence-electron chi connectivity index (χ4n) is 3.48. The highest BCUT2D eigenvalue weighted by Crippen LogP contribution is 2.28. The van der Waals surface area contributed by atoms with E-state index >= 15 is 0 Å². The van der Waals surface area contributed by atoms with Crippen LogP contribution in [0, 0.1) is 0 Å². The maximum Gasteiger partial charge on any atom is 0.308 e. The van der Waals surface area contributed by atoms with Crippen molar-refractivity contribution in [3.8, 4) is 17.2 Å². The summed E-state index contributed by atoms with van der Waals surface area (Å²) in [5.41, 5.74) is 1.28. The van der Waals surface area contributed by atoms with Gasteiger partial charge in [-0.1, -0.05) is 12.1 Å². The minimum Gasteiger partial charge on any atom is -0.493 e. The molecule has 8 heteroatoms. The zero-order chi connectivity index (χ0) is 22.4. The molecule has 0 aromatic heterocycles. The number of hydrogen-bond donors (Lipinski definition) is 0. The Bertz CT molecular complexity index is 966. The molecule has 3 rings (SSSR count). The maximum absolute atomic E-state index is 12.8. The second kappa shape index (κ2) is 9.97. The number of carbonyl (C=O) groups is 3. The smallest absolute Gasteiger partial charge is 0.308 e. The van der Waals surface area contributed by atoms with Gasteiger partial charge in [0.2, 0.25) is 5.91 Å². The molecular weight excluding hydrogens is 400 g/mol.